The van der Waals surface area contributed by atoms with Crippen molar-refractivity contribution in [2.45, 2.75) is 79.1 Å². The third kappa shape index (κ3) is 11.5. The Hall–Kier alpha value is -4.48. The summed E-state index contributed by atoms with van der Waals surface area (Å²) in [6.45, 7) is 13.2. The van der Waals surface area contributed by atoms with E-state index in [2.05, 4.69) is 86.0 Å². The molecule has 0 fully saturated rings. The molecule has 0 amide bonds. The van der Waals surface area contributed by atoms with E-state index < -0.39 is 0 Å². The summed E-state index contributed by atoms with van der Waals surface area (Å²) in [6, 6.07) is 21.3. The normalized spacial score (nSPS) is 12.8. The smallest absolute Gasteiger partial charge is 0.137 e. The topological polar surface area (TPSA) is 63.3 Å². The first kappa shape index (κ1) is 35.0. The fourth-order valence-corrected chi connectivity index (χ4v) is 5.09. The molecule has 2 aromatic rings. The van der Waals surface area contributed by atoms with Crippen LogP contribution in [0.4, 0.5) is 11.4 Å². The average molecular weight is 603 g/mol. The van der Waals surface area contributed by atoms with Crippen molar-refractivity contribution in [3.8, 4) is 12.1 Å². The molecule has 0 unspecified atom stereocenters. The molecule has 0 saturated heterocycles. The zero-order valence-corrected chi connectivity index (χ0v) is 27.8. The van der Waals surface area contributed by atoms with Crippen molar-refractivity contribution in [1.82, 2.24) is 0 Å². The summed E-state index contributed by atoms with van der Waals surface area (Å²) in [5.74, 6) is 1.15. The second kappa shape index (κ2) is 19.7. The number of nitrogens with zero attached hydrogens (tertiary/aromatic N) is 4. The van der Waals surface area contributed by atoms with Crippen LogP contribution in [0.1, 0.15) is 90.2 Å². The minimum atomic E-state index is 0.0577. The Morgan fingerprint density at radius 3 is 1.24 bits per heavy atom. The lowest BCUT2D eigenvalue weighted by atomic mass is 10.0. The van der Waals surface area contributed by atoms with Gasteiger partial charge < -0.3 is 14.5 Å². The van der Waals surface area contributed by atoms with E-state index in [1.807, 2.05) is 36.4 Å². The Morgan fingerprint density at radius 1 is 0.578 bits per heavy atom. The molecule has 0 spiro atoms. The summed E-state index contributed by atoms with van der Waals surface area (Å²) in [6.07, 6.45) is 20.8. The molecule has 3 rings (SSSR count). The van der Waals surface area contributed by atoms with Gasteiger partial charge in [-0.3, -0.25) is 0 Å². The number of ether oxygens (including phenoxy) is 1. The minimum absolute atomic E-state index is 0.0577. The second-order valence-corrected chi connectivity index (χ2v) is 11.5. The first-order valence-corrected chi connectivity index (χ1v) is 16.8. The first-order valence-electron chi connectivity index (χ1n) is 16.8. The maximum atomic E-state index is 9.55. The van der Waals surface area contributed by atoms with Gasteiger partial charge in [0.1, 0.15) is 29.2 Å². The lowest BCUT2D eigenvalue weighted by Gasteiger charge is -2.24. The maximum absolute atomic E-state index is 9.55. The van der Waals surface area contributed by atoms with Crippen LogP contribution in [-0.2, 0) is 4.74 Å². The predicted octanol–water partition coefficient (Wildman–Crippen LogP) is 10.4. The highest BCUT2D eigenvalue weighted by atomic mass is 16.5. The van der Waals surface area contributed by atoms with Crippen LogP contribution >= 0.6 is 0 Å². The number of benzene rings is 2. The molecule has 5 heteroatoms. The highest BCUT2D eigenvalue weighted by molar-refractivity contribution is 5.62. The van der Waals surface area contributed by atoms with Gasteiger partial charge in [0.15, 0.2) is 0 Å². The summed E-state index contributed by atoms with van der Waals surface area (Å²) in [7, 11) is 0. The van der Waals surface area contributed by atoms with Crippen LogP contribution in [0, 0.1) is 22.7 Å². The van der Waals surface area contributed by atoms with E-state index in [4.69, 9.17) is 4.74 Å². The highest BCUT2D eigenvalue weighted by Crippen LogP contribution is 2.26. The van der Waals surface area contributed by atoms with Gasteiger partial charge in [-0.25, -0.2) is 0 Å². The van der Waals surface area contributed by atoms with E-state index >= 15 is 0 Å². The summed E-state index contributed by atoms with van der Waals surface area (Å²) in [5, 5.41) is 19.1. The van der Waals surface area contributed by atoms with Crippen molar-refractivity contribution in [2.24, 2.45) is 0 Å². The highest BCUT2D eigenvalue weighted by Gasteiger charge is 2.12. The fourth-order valence-electron chi connectivity index (χ4n) is 5.09. The molecule has 1 aliphatic heterocycles. The quantitative estimate of drug-likeness (QED) is 0.159. The maximum Gasteiger partial charge on any atom is 0.137 e. The molecule has 5 nitrogen and oxygen atoms in total. The van der Waals surface area contributed by atoms with E-state index in [1.54, 1.807) is 12.2 Å². The number of anilines is 2. The third-order valence-electron chi connectivity index (χ3n) is 7.87. The van der Waals surface area contributed by atoms with Crippen LogP contribution in [0.15, 0.2) is 95.5 Å². The van der Waals surface area contributed by atoms with Crippen molar-refractivity contribution < 1.29 is 4.74 Å². The van der Waals surface area contributed by atoms with Crippen molar-refractivity contribution in [1.29, 1.82) is 10.5 Å². The van der Waals surface area contributed by atoms with E-state index in [0.29, 0.717) is 17.1 Å². The number of hydrogen-bond acceptors (Lipinski definition) is 5. The van der Waals surface area contributed by atoms with Gasteiger partial charge in [0.2, 0.25) is 0 Å². The number of hydrogen-bond donors (Lipinski definition) is 0. The van der Waals surface area contributed by atoms with E-state index in [9.17, 15) is 10.5 Å². The van der Waals surface area contributed by atoms with Gasteiger partial charge >= 0.3 is 0 Å². The van der Waals surface area contributed by atoms with Gasteiger partial charge in [0, 0.05) is 43.1 Å². The Bertz CT molecular complexity index is 1310. The number of allylic oxidation sites excluding steroid dienone is 6. The molecule has 2 aromatic carbocycles. The zero-order chi connectivity index (χ0) is 32.3. The van der Waals surface area contributed by atoms with Crippen LogP contribution in [-0.4, -0.2) is 26.2 Å². The molecule has 236 valence electrons. The lowest BCUT2D eigenvalue weighted by Crippen LogP contribution is -2.25. The monoisotopic (exact) mass is 602 g/mol. The number of nitriles is 2. The molecule has 0 radical (unpaired) electrons. The summed E-state index contributed by atoms with van der Waals surface area (Å²) >= 11 is 0. The molecule has 0 atom stereocenters. The van der Waals surface area contributed by atoms with E-state index in [0.717, 1.165) is 37.3 Å². The average Bonchev–Trinajstić information content (AvgIpc) is 3.08. The van der Waals surface area contributed by atoms with Crippen LogP contribution in [0.3, 0.4) is 0 Å². The summed E-state index contributed by atoms with van der Waals surface area (Å²) < 4.78 is 6.18. The van der Waals surface area contributed by atoms with Gasteiger partial charge in [0.25, 0.3) is 0 Å². The molecular weight excluding hydrogens is 552 g/mol. The molecular formula is C40H50N4O. The molecule has 45 heavy (non-hydrogen) atoms. The van der Waals surface area contributed by atoms with Gasteiger partial charge in [0.05, 0.1) is 0 Å². The van der Waals surface area contributed by atoms with Crippen molar-refractivity contribution >= 4 is 23.5 Å². The zero-order valence-electron chi connectivity index (χ0n) is 27.8. The lowest BCUT2D eigenvalue weighted by molar-refractivity contribution is 0.332. The van der Waals surface area contributed by atoms with Gasteiger partial charge in [-0.1, -0.05) is 89.8 Å². The van der Waals surface area contributed by atoms with Gasteiger partial charge in [-0.15, -0.1) is 0 Å². The molecule has 0 aromatic heterocycles. The summed E-state index contributed by atoms with van der Waals surface area (Å²) in [4.78, 5) is 4.95. The van der Waals surface area contributed by atoms with E-state index in [1.165, 1.54) is 62.7 Å². The Morgan fingerprint density at radius 2 is 0.933 bits per heavy atom. The number of rotatable bonds is 18. The Balaban J connectivity index is 1.76. The van der Waals surface area contributed by atoms with Crippen LogP contribution in [0.25, 0.3) is 12.2 Å². The molecule has 0 N–H and O–H groups in total. The largest absolute Gasteiger partial charge is 0.457 e. The number of unbranched alkanes of at least 4 members (excludes halogenated alkanes) is 4. The van der Waals surface area contributed by atoms with Crippen molar-refractivity contribution in [3.05, 3.63) is 107 Å². The Kier molecular flexibility index (Phi) is 15.3. The Labute approximate surface area is 272 Å². The fraction of sp³-hybridized carbons (Fsp3) is 0.400. The molecule has 0 saturated carbocycles. The van der Waals surface area contributed by atoms with Crippen molar-refractivity contribution in [2.75, 3.05) is 36.0 Å². The van der Waals surface area contributed by atoms with Gasteiger partial charge in [-0.2, -0.15) is 10.5 Å². The second-order valence-electron chi connectivity index (χ2n) is 11.5. The van der Waals surface area contributed by atoms with Crippen molar-refractivity contribution in [3.63, 3.8) is 0 Å². The standard InChI is InChI=1S/C40H50N4O/c1-5-9-25-43(26-10-6-2)37-19-13-33(14-20-37)17-23-39-29-35(36(31-41)32-42)30-40(45-39)24-18-34-15-21-38(22-16-34)44(27-11-7-3)28-12-8-4/h13-24,29-30H,5-12,25-28H2,1-4H3/b23-17+,24-18+. The molecule has 1 aliphatic rings. The van der Waals surface area contributed by atoms with Gasteiger partial charge in [-0.05, 0) is 85.4 Å². The SMILES string of the molecule is CCCCN(CCCC)c1ccc(/C=C/C2=CC(=C(C#N)C#N)C=C(/C=C/c3ccc(N(CCCC)CCCC)cc3)O2)cc1. The predicted molar refractivity (Wildman–Crippen MR) is 191 cm³/mol. The first-order chi connectivity index (χ1) is 22.0. The molecule has 0 aliphatic carbocycles. The van der Waals surface area contributed by atoms with Crippen LogP contribution in [0.5, 0.6) is 0 Å². The van der Waals surface area contributed by atoms with E-state index in [-0.39, 0.29) is 5.57 Å². The van der Waals surface area contributed by atoms with Crippen LogP contribution < -0.4 is 9.80 Å². The minimum Gasteiger partial charge on any atom is -0.457 e. The summed E-state index contributed by atoms with van der Waals surface area (Å²) in [5.41, 5.74) is 5.21. The molecule has 0 bridgehead atoms. The van der Waals surface area contributed by atoms with Crippen LogP contribution in [0.2, 0.25) is 0 Å². The molecule has 1 heterocycles. The third-order valence-corrected chi connectivity index (χ3v) is 7.87.